The molecule has 15 heavy (non-hydrogen) atoms. The van der Waals surface area contributed by atoms with Crippen molar-refractivity contribution in [3.8, 4) is 5.75 Å². The second-order valence-electron chi connectivity index (χ2n) is 3.09. The van der Waals surface area contributed by atoms with Crippen LogP contribution >= 0.6 is 0 Å². The van der Waals surface area contributed by atoms with Crippen molar-refractivity contribution < 1.29 is 20.1 Å². The van der Waals surface area contributed by atoms with Crippen molar-refractivity contribution in [1.82, 2.24) is 0 Å². The fourth-order valence-electron chi connectivity index (χ4n) is 1.20. The highest BCUT2D eigenvalue weighted by atomic mass is 16.4. The van der Waals surface area contributed by atoms with Crippen LogP contribution in [-0.4, -0.2) is 27.9 Å². The van der Waals surface area contributed by atoms with Gasteiger partial charge < -0.3 is 26.8 Å². The highest BCUT2D eigenvalue weighted by Crippen LogP contribution is 2.28. The monoisotopic (exact) mass is 212 g/mol. The quantitative estimate of drug-likeness (QED) is 0.344. The van der Waals surface area contributed by atoms with E-state index >= 15 is 0 Å². The number of aromatic carboxylic acids is 1. The minimum atomic E-state index is -1.23. The molecule has 0 unspecified atom stereocenters. The second kappa shape index (κ2) is 4.16. The van der Waals surface area contributed by atoms with E-state index in [-0.39, 0.29) is 29.2 Å². The lowest BCUT2D eigenvalue weighted by Crippen LogP contribution is -2.15. The zero-order valence-electron chi connectivity index (χ0n) is 7.84. The third kappa shape index (κ3) is 2.17. The maximum Gasteiger partial charge on any atom is 0.337 e. The van der Waals surface area contributed by atoms with Gasteiger partial charge in [-0.25, -0.2) is 4.79 Å². The van der Waals surface area contributed by atoms with Crippen LogP contribution in [-0.2, 0) is 0 Å². The van der Waals surface area contributed by atoms with Crippen LogP contribution in [0, 0.1) is 0 Å². The van der Waals surface area contributed by atoms with E-state index in [1.165, 1.54) is 6.07 Å². The van der Waals surface area contributed by atoms with Gasteiger partial charge in [0.05, 0.1) is 18.2 Å². The Hall–Kier alpha value is -1.79. The lowest BCUT2D eigenvalue weighted by molar-refractivity contribution is 0.0697. The largest absolute Gasteiger partial charge is 0.508 e. The van der Waals surface area contributed by atoms with Crippen LogP contribution in [0.15, 0.2) is 12.1 Å². The Bertz CT molecular complexity index is 392. The number of anilines is 1. The topological polar surface area (TPSA) is 130 Å². The first-order chi connectivity index (χ1) is 6.97. The number of carbonyl (C=O) groups is 1. The molecule has 0 aliphatic heterocycles. The molecule has 0 aliphatic carbocycles. The molecule has 0 amide bonds. The van der Waals surface area contributed by atoms with Gasteiger partial charge in [-0.15, -0.1) is 0 Å². The molecule has 1 aromatic rings. The molecule has 0 fully saturated rings. The zero-order valence-corrected chi connectivity index (χ0v) is 7.84. The molecule has 0 spiro atoms. The minimum Gasteiger partial charge on any atom is -0.508 e. The van der Waals surface area contributed by atoms with Gasteiger partial charge in [0, 0.05) is 11.3 Å². The highest BCUT2D eigenvalue weighted by Gasteiger charge is 2.16. The van der Waals surface area contributed by atoms with Crippen molar-refractivity contribution >= 4 is 11.7 Å². The molecule has 1 atom stereocenters. The van der Waals surface area contributed by atoms with Gasteiger partial charge in [-0.2, -0.15) is 0 Å². The number of phenols is 1. The minimum absolute atomic E-state index is 0.000741. The molecule has 0 radical (unpaired) electrons. The van der Waals surface area contributed by atoms with E-state index in [0.717, 1.165) is 6.07 Å². The Morgan fingerprint density at radius 2 is 2.07 bits per heavy atom. The summed E-state index contributed by atoms with van der Waals surface area (Å²) in [7, 11) is 0. The lowest BCUT2D eigenvalue weighted by Gasteiger charge is -2.12. The molecule has 7 N–H and O–H groups in total. The molecular formula is C9H12N2O4. The van der Waals surface area contributed by atoms with Gasteiger partial charge in [0.1, 0.15) is 5.75 Å². The van der Waals surface area contributed by atoms with Crippen LogP contribution in [0.25, 0.3) is 0 Å². The summed E-state index contributed by atoms with van der Waals surface area (Å²) in [6.07, 6.45) is 0. The standard InChI is InChI=1S/C9H12N2O4/c10-6-1-4(7(11)3-12)8(13)2-5(6)9(14)15/h1-2,7,12-13H,3,10-11H2,(H,14,15)/t7-/m0/s1. The number of hydrogen-bond acceptors (Lipinski definition) is 5. The Morgan fingerprint density at radius 3 is 2.53 bits per heavy atom. The number of carboxylic acids is 1. The fourth-order valence-corrected chi connectivity index (χ4v) is 1.20. The van der Waals surface area contributed by atoms with E-state index in [9.17, 15) is 9.90 Å². The number of hydrogen-bond donors (Lipinski definition) is 5. The summed E-state index contributed by atoms with van der Waals surface area (Å²) in [6, 6.07) is 1.48. The summed E-state index contributed by atoms with van der Waals surface area (Å²) in [5, 5.41) is 27.0. The number of aromatic hydroxyl groups is 1. The summed E-state index contributed by atoms with van der Waals surface area (Å²) < 4.78 is 0. The third-order valence-corrected chi connectivity index (χ3v) is 2.03. The summed E-state index contributed by atoms with van der Waals surface area (Å²) in [6.45, 7) is -0.362. The van der Waals surface area contributed by atoms with E-state index in [0.29, 0.717) is 0 Å². The maximum absolute atomic E-state index is 10.7. The van der Waals surface area contributed by atoms with Gasteiger partial charge in [-0.05, 0) is 12.1 Å². The molecule has 0 heterocycles. The molecule has 0 aliphatic rings. The smallest absolute Gasteiger partial charge is 0.337 e. The van der Waals surface area contributed by atoms with Crippen LogP contribution < -0.4 is 11.5 Å². The summed E-state index contributed by atoms with van der Waals surface area (Å²) in [4.78, 5) is 10.7. The van der Waals surface area contributed by atoms with Crippen molar-refractivity contribution in [2.75, 3.05) is 12.3 Å². The number of nitrogens with two attached hydrogens (primary N) is 2. The van der Waals surface area contributed by atoms with Crippen LogP contribution in [0.5, 0.6) is 5.75 Å². The molecule has 6 nitrogen and oxygen atoms in total. The first-order valence-electron chi connectivity index (χ1n) is 4.19. The Labute approximate surface area is 85.8 Å². The predicted octanol–water partition coefficient (Wildman–Crippen LogP) is -0.335. The Morgan fingerprint density at radius 1 is 1.47 bits per heavy atom. The van der Waals surface area contributed by atoms with Gasteiger partial charge in [0.2, 0.25) is 0 Å². The number of aliphatic hydroxyl groups excluding tert-OH is 1. The van der Waals surface area contributed by atoms with E-state index in [1.54, 1.807) is 0 Å². The SMILES string of the molecule is Nc1cc([C@@H](N)CO)c(O)cc1C(=O)O. The molecule has 0 saturated carbocycles. The van der Waals surface area contributed by atoms with Gasteiger partial charge in [0.15, 0.2) is 0 Å². The summed E-state index contributed by atoms with van der Waals surface area (Å²) in [5.74, 6) is -1.52. The van der Waals surface area contributed by atoms with Gasteiger partial charge in [-0.1, -0.05) is 0 Å². The van der Waals surface area contributed by atoms with Crippen molar-refractivity contribution in [3.63, 3.8) is 0 Å². The number of carboxylic acid groups (broad SMARTS) is 1. The normalized spacial score (nSPS) is 12.4. The molecule has 1 aromatic carbocycles. The molecule has 0 bridgehead atoms. The van der Waals surface area contributed by atoms with Crippen LogP contribution in [0.2, 0.25) is 0 Å². The van der Waals surface area contributed by atoms with Crippen molar-refractivity contribution in [1.29, 1.82) is 0 Å². The first kappa shape index (κ1) is 11.3. The molecular weight excluding hydrogens is 200 g/mol. The number of benzene rings is 1. The zero-order chi connectivity index (χ0) is 11.6. The average molecular weight is 212 g/mol. The van der Waals surface area contributed by atoms with E-state index in [1.807, 2.05) is 0 Å². The van der Waals surface area contributed by atoms with Crippen molar-refractivity contribution in [2.24, 2.45) is 5.73 Å². The predicted molar refractivity (Wildman–Crippen MR) is 53.5 cm³/mol. The van der Waals surface area contributed by atoms with Crippen molar-refractivity contribution in [3.05, 3.63) is 23.3 Å². The van der Waals surface area contributed by atoms with Crippen LogP contribution in [0.1, 0.15) is 22.0 Å². The molecule has 0 saturated heterocycles. The summed E-state index contributed by atoms with van der Waals surface area (Å²) >= 11 is 0. The number of aliphatic hydroxyl groups is 1. The molecule has 1 rings (SSSR count). The molecule has 82 valence electrons. The Kier molecular flexibility index (Phi) is 3.13. The van der Waals surface area contributed by atoms with E-state index in [2.05, 4.69) is 0 Å². The third-order valence-electron chi connectivity index (χ3n) is 2.03. The number of rotatable bonds is 3. The van der Waals surface area contributed by atoms with Crippen LogP contribution in [0.3, 0.4) is 0 Å². The highest BCUT2D eigenvalue weighted by molar-refractivity contribution is 5.94. The summed E-state index contributed by atoms with van der Waals surface area (Å²) in [5.41, 5.74) is 11.0. The average Bonchev–Trinajstić information content (AvgIpc) is 2.19. The molecule has 0 aromatic heterocycles. The lowest BCUT2D eigenvalue weighted by atomic mass is 10.0. The first-order valence-corrected chi connectivity index (χ1v) is 4.19. The van der Waals surface area contributed by atoms with E-state index < -0.39 is 12.0 Å². The maximum atomic E-state index is 10.7. The van der Waals surface area contributed by atoms with Crippen LogP contribution in [0.4, 0.5) is 5.69 Å². The van der Waals surface area contributed by atoms with Gasteiger partial charge in [-0.3, -0.25) is 0 Å². The van der Waals surface area contributed by atoms with Gasteiger partial charge >= 0.3 is 5.97 Å². The number of phenolic OH excluding ortho intramolecular Hbond substituents is 1. The van der Waals surface area contributed by atoms with E-state index in [4.69, 9.17) is 21.7 Å². The molecule has 6 heteroatoms. The van der Waals surface area contributed by atoms with Gasteiger partial charge in [0.25, 0.3) is 0 Å². The number of nitrogen functional groups attached to an aromatic ring is 1. The Balaban J connectivity index is 3.25. The fraction of sp³-hybridized carbons (Fsp3) is 0.222. The second-order valence-corrected chi connectivity index (χ2v) is 3.09. The van der Waals surface area contributed by atoms with Crippen molar-refractivity contribution in [2.45, 2.75) is 6.04 Å².